The zero-order chi connectivity index (χ0) is 58.9. The van der Waals surface area contributed by atoms with Gasteiger partial charge in [0.25, 0.3) is 0 Å². The lowest BCUT2D eigenvalue weighted by Crippen LogP contribution is -2.74. The maximum Gasteiger partial charge on any atom is 0.179 e. The van der Waals surface area contributed by atoms with E-state index < -0.39 is 16.1 Å². The molecular formula is C82H57N5Si2. The highest BCUT2D eigenvalue weighted by molar-refractivity contribution is 7.20. The van der Waals surface area contributed by atoms with E-state index in [0.29, 0.717) is 5.82 Å². The van der Waals surface area contributed by atoms with Crippen LogP contribution in [-0.4, -0.2) is 39.8 Å². The molecule has 0 saturated carbocycles. The Labute approximate surface area is 518 Å². The average molecular weight is 1170 g/mol. The molecule has 0 unspecified atom stereocenters. The average Bonchev–Trinajstić information content (AvgIpc) is 1.73. The lowest BCUT2D eigenvalue weighted by atomic mass is 10.1. The third-order valence-corrected chi connectivity index (χ3v) is 28.1. The number of aromatic nitrogens is 5. The van der Waals surface area contributed by atoms with E-state index >= 15 is 0 Å². The monoisotopic (exact) mass is 1170 g/mol. The molecule has 0 amide bonds. The molecule has 0 spiro atoms. The minimum atomic E-state index is -3.03. The summed E-state index contributed by atoms with van der Waals surface area (Å²) in [6.07, 6.45) is 0. The van der Waals surface area contributed by atoms with Gasteiger partial charge in [0, 0.05) is 49.6 Å². The van der Waals surface area contributed by atoms with Gasteiger partial charge in [-0.2, -0.15) is 0 Å². The van der Waals surface area contributed by atoms with Crippen molar-refractivity contribution in [2.75, 3.05) is 0 Å². The standard InChI is InChI=1S/C82H57N5Si2/c1-7-30-60(31-8-1)88(61-32-9-2-10-33-61,62-34-11-3-12-35-62)66-50-52-78-72(55-66)73-56-67(89(63-36-13-4-14-37-63,64-38-15-5-16-39-64)65-40-17-6-18-41-65)51-53-79(73)87(78)81-57-80(86-76-48-25-21-44-70(76)71-45-22-26-49-77(71)86)83-82(84-81)58-28-27-29-59(54-58)85-74-46-23-19-42-68(74)69-43-20-24-47-75(69)85/h1-57H. The van der Waals surface area contributed by atoms with Gasteiger partial charge in [-0.25, -0.2) is 9.97 Å². The van der Waals surface area contributed by atoms with Crippen molar-refractivity contribution < 1.29 is 0 Å². The number of benzene rings is 13. The third kappa shape index (κ3) is 8.20. The fourth-order valence-electron chi connectivity index (χ4n) is 14.8. The smallest absolute Gasteiger partial charge is 0.179 e. The molecule has 0 bridgehead atoms. The van der Waals surface area contributed by atoms with Crippen LogP contribution in [0.5, 0.6) is 0 Å². The Morgan fingerprint density at radius 1 is 0.202 bits per heavy atom. The Bertz CT molecular complexity index is 5010. The molecule has 89 heavy (non-hydrogen) atoms. The number of rotatable bonds is 12. The first-order valence-electron chi connectivity index (χ1n) is 30.6. The topological polar surface area (TPSA) is 40.6 Å². The summed E-state index contributed by atoms with van der Waals surface area (Å²) in [5.41, 5.74) is 8.51. The molecule has 0 fully saturated rings. The van der Waals surface area contributed by atoms with Gasteiger partial charge in [-0.15, -0.1) is 0 Å². The predicted molar refractivity (Wildman–Crippen MR) is 378 cm³/mol. The van der Waals surface area contributed by atoms with Gasteiger partial charge in [0.15, 0.2) is 22.0 Å². The van der Waals surface area contributed by atoms with Crippen molar-refractivity contribution in [1.82, 2.24) is 23.7 Å². The van der Waals surface area contributed by atoms with Crippen LogP contribution in [0.25, 0.3) is 94.1 Å². The van der Waals surface area contributed by atoms with Gasteiger partial charge in [0.05, 0.1) is 33.1 Å². The molecular weight excluding hydrogens is 1110 g/mol. The summed E-state index contributed by atoms with van der Waals surface area (Å²) >= 11 is 0. The minimum absolute atomic E-state index is 0.623. The van der Waals surface area contributed by atoms with Crippen LogP contribution in [0.4, 0.5) is 0 Å². The van der Waals surface area contributed by atoms with Crippen molar-refractivity contribution in [2.24, 2.45) is 0 Å². The second-order valence-corrected chi connectivity index (χ2v) is 30.8. The third-order valence-electron chi connectivity index (χ3n) is 18.6. The molecule has 5 nitrogen and oxygen atoms in total. The summed E-state index contributed by atoms with van der Waals surface area (Å²) in [5.74, 6) is 2.17. The van der Waals surface area contributed by atoms with Crippen molar-refractivity contribution in [1.29, 1.82) is 0 Å². The normalized spacial score (nSPS) is 12.0. The lowest BCUT2D eigenvalue weighted by molar-refractivity contribution is 0.993. The minimum Gasteiger partial charge on any atom is -0.309 e. The van der Waals surface area contributed by atoms with E-state index in [2.05, 4.69) is 359 Å². The number of hydrogen-bond donors (Lipinski definition) is 0. The highest BCUT2D eigenvalue weighted by Crippen LogP contribution is 2.38. The van der Waals surface area contributed by atoms with Crippen molar-refractivity contribution >= 4 is 123 Å². The first kappa shape index (κ1) is 52.1. The van der Waals surface area contributed by atoms with E-state index in [-0.39, 0.29) is 0 Å². The molecule has 0 atom stereocenters. The maximum absolute atomic E-state index is 5.84. The largest absolute Gasteiger partial charge is 0.309 e. The van der Waals surface area contributed by atoms with Crippen LogP contribution in [0, 0.1) is 0 Å². The molecule has 0 N–H and O–H groups in total. The zero-order valence-corrected chi connectivity index (χ0v) is 50.6. The van der Waals surface area contributed by atoms with Crippen LogP contribution < -0.4 is 41.5 Å². The molecule has 17 rings (SSSR count). The highest BCUT2D eigenvalue weighted by atomic mass is 28.3. The second-order valence-electron chi connectivity index (χ2n) is 23.2. The molecule has 7 heteroatoms. The van der Waals surface area contributed by atoms with E-state index in [1.165, 1.54) is 63.0 Å². The van der Waals surface area contributed by atoms with Crippen molar-refractivity contribution in [3.8, 4) is 28.7 Å². The van der Waals surface area contributed by atoms with Gasteiger partial charge in [0.2, 0.25) is 0 Å². The number of hydrogen-bond acceptors (Lipinski definition) is 2. The summed E-state index contributed by atoms with van der Waals surface area (Å²) in [6, 6.07) is 128. The van der Waals surface area contributed by atoms with E-state index in [1.807, 2.05) is 0 Å². The second kappa shape index (κ2) is 21.3. The van der Waals surface area contributed by atoms with Crippen molar-refractivity contribution in [3.05, 3.63) is 346 Å². The number of fused-ring (bicyclic) bond motifs is 9. The molecule has 4 aromatic heterocycles. The first-order chi connectivity index (χ1) is 44.2. The lowest BCUT2D eigenvalue weighted by Gasteiger charge is -2.34. The zero-order valence-electron chi connectivity index (χ0n) is 48.6. The van der Waals surface area contributed by atoms with Gasteiger partial charge in [0.1, 0.15) is 11.6 Å². The molecule has 4 heterocycles. The van der Waals surface area contributed by atoms with Crippen LogP contribution in [0.3, 0.4) is 0 Å². The summed E-state index contributed by atoms with van der Waals surface area (Å²) < 4.78 is 7.13. The van der Waals surface area contributed by atoms with Crippen LogP contribution in [-0.2, 0) is 0 Å². The summed E-state index contributed by atoms with van der Waals surface area (Å²) in [5, 5.41) is 17.6. The molecule has 0 aliphatic heterocycles. The Kier molecular flexibility index (Phi) is 12.5. The van der Waals surface area contributed by atoms with Gasteiger partial charge in [-0.1, -0.05) is 291 Å². The van der Waals surface area contributed by atoms with Crippen LogP contribution in [0.2, 0.25) is 0 Å². The van der Waals surface area contributed by atoms with Crippen LogP contribution in [0.1, 0.15) is 0 Å². The maximum atomic E-state index is 5.84. The molecule has 0 radical (unpaired) electrons. The van der Waals surface area contributed by atoms with Crippen molar-refractivity contribution in [3.63, 3.8) is 0 Å². The number of para-hydroxylation sites is 4. The van der Waals surface area contributed by atoms with E-state index in [9.17, 15) is 0 Å². The Morgan fingerprint density at radius 2 is 0.494 bits per heavy atom. The first-order valence-corrected chi connectivity index (χ1v) is 34.6. The van der Waals surface area contributed by atoms with Gasteiger partial charge >= 0.3 is 0 Å². The van der Waals surface area contributed by atoms with E-state index in [4.69, 9.17) is 9.97 Å². The van der Waals surface area contributed by atoms with Crippen LogP contribution >= 0.6 is 0 Å². The molecule has 418 valence electrons. The SMILES string of the molecule is c1ccc([Si](c2ccccc2)(c2ccccc2)c2ccc3c(c2)c2cc([Si](c4ccccc4)(c4ccccc4)c4ccccc4)ccc2n3-c2cc(-n3c4ccccc4c4ccccc43)nc(-c3cccc(-n4c5ccccc5c5ccccc54)c3)n2)cc1. The molecule has 17 aromatic rings. The fraction of sp³-hybridized carbons (Fsp3) is 0. The fourth-order valence-corrected chi connectivity index (χ4v) is 24.3. The highest BCUT2D eigenvalue weighted by Gasteiger charge is 2.44. The molecule has 0 saturated heterocycles. The summed E-state index contributed by atoms with van der Waals surface area (Å²) in [6.45, 7) is 0. The Balaban J connectivity index is 0.993. The molecule has 0 aliphatic rings. The molecule has 0 aliphatic carbocycles. The quantitative estimate of drug-likeness (QED) is 0.0903. The van der Waals surface area contributed by atoms with Crippen LogP contribution in [0.15, 0.2) is 346 Å². The molecule has 13 aromatic carbocycles. The number of nitrogens with zero attached hydrogens (tertiary/aromatic N) is 5. The summed E-state index contributed by atoms with van der Waals surface area (Å²) in [7, 11) is -6.06. The Morgan fingerprint density at radius 3 is 0.831 bits per heavy atom. The van der Waals surface area contributed by atoms with E-state index in [0.717, 1.165) is 66.8 Å². The van der Waals surface area contributed by atoms with Gasteiger partial charge in [-0.3, -0.25) is 9.13 Å². The summed E-state index contributed by atoms with van der Waals surface area (Å²) in [4.78, 5) is 11.5. The predicted octanol–water partition coefficient (Wildman–Crippen LogP) is 14.2. The Hall–Kier alpha value is -11.2. The van der Waals surface area contributed by atoms with Gasteiger partial charge < -0.3 is 4.57 Å². The van der Waals surface area contributed by atoms with Crippen molar-refractivity contribution in [2.45, 2.75) is 0 Å². The van der Waals surface area contributed by atoms with E-state index in [1.54, 1.807) is 0 Å². The van der Waals surface area contributed by atoms with Gasteiger partial charge in [-0.05, 0) is 90.0 Å².